The number of hydrogen-bond donors (Lipinski definition) is 2. The summed E-state index contributed by atoms with van der Waals surface area (Å²) in [4.78, 5) is 30.2. The van der Waals surface area contributed by atoms with Gasteiger partial charge in [-0.05, 0) is 35.9 Å². The van der Waals surface area contributed by atoms with E-state index in [9.17, 15) is 9.59 Å². The summed E-state index contributed by atoms with van der Waals surface area (Å²) in [5.74, 6) is -0.769. The van der Waals surface area contributed by atoms with Crippen LogP contribution in [0.15, 0.2) is 61.2 Å². The molecule has 1 aromatic heterocycles. The molecule has 0 spiro atoms. The van der Waals surface area contributed by atoms with Crippen molar-refractivity contribution in [2.45, 2.75) is 6.54 Å². The van der Waals surface area contributed by atoms with Crippen LogP contribution in [0.3, 0.4) is 0 Å². The fourth-order valence-electron chi connectivity index (χ4n) is 2.45. The molecule has 3 aromatic rings. The maximum Gasteiger partial charge on any atom is 0.269 e. The van der Waals surface area contributed by atoms with Crippen LogP contribution >= 0.6 is 0 Å². The predicted octanol–water partition coefficient (Wildman–Crippen LogP) is 1.47. The Morgan fingerprint density at radius 1 is 1.00 bits per heavy atom. The highest BCUT2D eigenvalue weighted by Crippen LogP contribution is 2.13. The number of carbonyl (C=O) groups is 2. The van der Waals surface area contributed by atoms with Crippen molar-refractivity contribution in [3.8, 4) is 0 Å². The Bertz CT molecular complexity index is 920. The van der Waals surface area contributed by atoms with Crippen molar-refractivity contribution in [2.24, 2.45) is 0 Å². The molecule has 0 saturated heterocycles. The van der Waals surface area contributed by atoms with Crippen molar-refractivity contribution in [1.82, 2.24) is 25.6 Å². The van der Waals surface area contributed by atoms with Gasteiger partial charge < -0.3 is 4.90 Å². The van der Waals surface area contributed by atoms with Gasteiger partial charge in [0.05, 0.1) is 6.54 Å². The average Bonchev–Trinajstić information content (AvgIpc) is 3.19. The molecule has 0 fully saturated rings. The zero-order valence-corrected chi connectivity index (χ0v) is 15.1. The predicted molar refractivity (Wildman–Crippen MR) is 101 cm³/mol. The third kappa shape index (κ3) is 4.69. The van der Waals surface area contributed by atoms with Crippen LogP contribution in [0.5, 0.6) is 0 Å². The molecule has 2 amide bonds. The molecule has 0 aliphatic heterocycles. The van der Waals surface area contributed by atoms with E-state index < -0.39 is 0 Å². The number of aromatic nitrogens is 3. The maximum atomic E-state index is 12.2. The number of amides is 2. The van der Waals surface area contributed by atoms with Gasteiger partial charge in [-0.3, -0.25) is 20.4 Å². The number of hydrazine groups is 1. The number of rotatable bonds is 5. The Hall–Kier alpha value is -3.68. The minimum Gasteiger partial charge on any atom is -0.378 e. The summed E-state index contributed by atoms with van der Waals surface area (Å²) in [6, 6.07) is 14.2. The van der Waals surface area contributed by atoms with Crippen LogP contribution in [0.4, 0.5) is 5.69 Å². The molecule has 0 unspecified atom stereocenters. The first-order valence-electron chi connectivity index (χ1n) is 8.32. The van der Waals surface area contributed by atoms with Gasteiger partial charge in [-0.25, -0.2) is 9.67 Å². The van der Waals surface area contributed by atoms with Crippen molar-refractivity contribution in [1.29, 1.82) is 0 Å². The monoisotopic (exact) mass is 364 g/mol. The van der Waals surface area contributed by atoms with E-state index in [1.54, 1.807) is 41.3 Å². The molecule has 3 rings (SSSR count). The second-order valence-corrected chi connectivity index (χ2v) is 6.14. The molecular formula is C19H20N6O2. The van der Waals surface area contributed by atoms with Crippen LogP contribution in [0.25, 0.3) is 0 Å². The van der Waals surface area contributed by atoms with E-state index in [0.717, 1.165) is 11.3 Å². The molecule has 1 heterocycles. The summed E-state index contributed by atoms with van der Waals surface area (Å²) in [6.45, 7) is 0.570. The quantitative estimate of drug-likeness (QED) is 0.669. The lowest BCUT2D eigenvalue weighted by atomic mass is 10.1. The normalized spacial score (nSPS) is 10.3. The first-order chi connectivity index (χ1) is 13.0. The van der Waals surface area contributed by atoms with Crippen molar-refractivity contribution in [3.63, 3.8) is 0 Å². The number of nitrogens with zero attached hydrogens (tertiary/aromatic N) is 4. The molecule has 0 radical (unpaired) electrons. The molecule has 8 heteroatoms. The first kappa shape index (κ1) is 18.1. The van der Waals surface area contributed by atoms with E-state index in [2.05, 4.69) is 20.9 Å². The highest BCUT2D eigenvalue weighted by atomic mass is 16.2. The number of nitrogens with one attached hydrogen (secondary N) is 2. The molecule has 138 valence electrons. The van der Waals surface area contributed by atoms with Crippen molar-refractivity contribution < 1.29 is 9.59 Å². The highest BCUT2D eigenvalue weighted by molar-refractivity contribution is 5.99. The maximum absolute atomic E-state index is 12.2. The zero-order valence-electron chi connectivity index (χ0n) is 15.1. The Morgan fingerprint density at radius 3 is 2.33 bits per heavy atom. The summed E-state index contributed by atoms with van der Waals surface area (Å²) in [6.07, 6.45) is 3.10. The molecule has 2 aromatic carbocycles. The Balaban J connectivity index is 1.57. The topological polar surface area (TPSA) is 92.2 Å². The lowest BCUT2D eigenvalue weighted by Gasteiger charge is -2.13. The van der Waals surface area contributed by atoms with Gasteiger partial charge in [-0.15, -0.1) is 0 Å². The van der Waals surface area contributed by atoms with Crippen LogP contribution in [-0.4, -0.2) is 40.7 Å². The summed E-state index contributed by atoms with van der Waals surface area (Å²) in [7, 11) is 3.79. The van der Waals surface area contributed by atoms with Crippen LogP contribution in [0.2, 0.25) is 0 Å². The smallest absolute Gasteiger partial charge is 0.269 e. The largest absolute Gasteiger partial charge is 0.378 e. The molecular weight excluding hydrogens is 344 g/mol. The lowest BCUT2D eigenvalue weighted by Crippen LogP contribution is -2.41. The Labute approximate surface area is 156 Å². The van der Waals surface area contributed by atoms with E-state index in [0.29, 0.717) is 17.7 Å². The summed E-state index contributed by atoms with van der Waals surface area (Å²) >= 11 is 0. The molecule has 0 aliphatic carbocycles. The molecule has 27 heavy (non-hydrogen) atoms. The van der Waals surface area contributed by atoms with Gasteiger partial charge in [0.15, 0.2) is 0 Å². The second kappa shape index (κ2) is 8.13. The van der Waals surface area contributed by atoms with E-state index in [1.165, 1.54) is 6.33 Å². The molecule has 0 saturated carbocycles. The summed E-state index contributed by atoms with van der Waals surface area (Å²) in [5.41, 5.74) is 7.66. The fourth-order valence-corrected chi connectivity index (χ4v) is 2.45. The van der Waals surface area contributed by atoms with E-state index >= 15 is 0 Å². The van der Waals surface area contributed by atoms with Gasteiger partial charge in [0.1, 0.15) is 12.7 Å². The number of carbonyl (C=O) groups excluding carboxylic acids is 2. The molecule has 0 bridgehead atoms. The molecule has 0 aliphatic rings. The minimum atomic E-state index is -0.389. The fraction of sp³-hybridized carbons (Fsp3) is 0.158. The summed E-state index contributed by atoms with van der Waals surface area (Å²) < 4.78 is 1.69. The van der Waals surface area contributed by atoms with Gasteiger partial charge in [0.25, 0.3) is 11.8 Å². The van der Waals surface area contributed by atoms with Gasteiger partial charge in [0, 0.05) is 30.9 Å². The standard InChI is InChI=1S/C19H20N6O2/c1-24(2)17-5-3-4-16(10-17)19(27)23-22-18(26)15-8-6-14(7-9-15)11-25-13-20-12-21-25/h3-10,12-13H,11H2,1-2H3,(H,22,26)(H,23,27). The average molecular weight is 364 g/mol. The first-order valence-corrected chi connectivity index (χ1v) is 8.32. The highest BCUT2D eigenvalue weighted by Gasteiger charge is 2.10. The van der Waals surface area contributed by atoms with Crippen LogP contribution in [0.1, 0.15) is 26.3 Å². The second-order valence-electron chi connectivity index (χ2n) is 6.14. The van der Waals surface area contributed by atoms with Crippen molar-refractivity contribution >= 4 is 17.5 Å². The van der Waals surface area contributed by atoms with E-state index in [4.69, 9.17) is 0 Å². The number of hydrogen-bond acceptors (Lipinski definition) is 5. The SMILES string of the molecule is CN(C)c1cccc(C(=O)NNC(=O)c2ccc(Cn3cncn3)cc2)c1. The third-order valence-electron chi connectivity index (χ3n) is 3.94. The van der Waals surface area contributed by atoms with Crippen molar-refractivity contribution in [3.05, 3.63) is 77.9 Å². The Kier molecular flexibility index (Phi) is 5.46. The minimum absolute atomic E-state index is 0.380. The molecule has 8 nitrogen and oxygen atoms in total. The Morgan fingerprint density at radius 2 is 1.70 bits per heavy atom. The lowest BCUT2D eigenvalue weighted by molar-refractivity contribution is 0.0846. The van der Waals surface area contributed by atoms with Crippen LogP contribution < -0.4 is 15.8 Å². The summed E-state index contributed by atoms with van der Waals surface area (Å²) in [5, 5.41) is 4.04. The van der Waals surface area contributed by atoms with Crippen LogP contribution in [-0.2, 0) is 6.54 Å². The van der Waals surface area contributed by atoms with Gasteiger partial charge in [-0.1, -0.05) is 18.2 Å². The van der Waals surface area contributed by atoms with Gasteiger partial charge in [0.2, 0.25) is 0 Å². The number of anilines is 1. The third-order valence-corrected chi connectivity index (χ3v) is 3.94. The van der Waals surface area contributed by atoms with Gasteiger partial charge in [-0.2, -0.15) is 5.10 Å². The van der Waals surface area contributed by atoms with Crippen molar-refractivity contribution in [2.75, 3.05) is 19.0 Å². The van der Waals surface area contributed by atoms with Crippen LogP contribution in [0, 0.1) is 0 Å². The van der Waals surface area contributed by atoms with E-state index in [-0.39, 0.29) is 11.8 Å². The number of benzene rings is 2. The van der Waals surface area contributed by atoms with Gasteiger partial charge >= 0.3 is 0 Å². The zero-order chi connectivity index (χ0) is 19.2. The molecule has 2 N–H and O–H groups in total. The van der Waals surface area contributed by atoms with E-state index in [1.807, 2.05) is 37.2 Å². The molecule has 0 atom stereocenters.